The van der Waals surface area contributed by atoms with Crippen LogP contribution in [0.2, 0.25) is 0 Å². The monoisotopic (exact) mass is 570 g/mol. The first-order chi connectivity index (χ1) is 18.8. The minimum absolute atomic E-state index is 0.0395. The van der Waals surface area contributed by atoms with Gasteiger partial charge in [-0.15, -0.1) is 0 Å². The molecule has 1 saturated heterocycles. The number of thioether (sulfide) groups is 1. The molecule has 5 rings (SSSR count). The van der Waals surface area contributed by atoms with Crippen LogP contribution in [-0.2, 0) is 33.6 Å². The van der Waals surface area contributed by atoms with Crippen molar-refractivity contribution in [3.05, 3.63) is 58.6 Å². The Labute approximate surface area is 232 Å². The molecule has 0 aliphatic carbocycles. The van der Waals surface area contributed by atoms with E-state index in [1.54, 1.807) is 10.6 Å². The highest BCUT2D eigenvalue weighted by Gasteiger charge is 2.18. The molecule has 10 nitrogen and oxygen atoms in total. The minimum atomic E-state index is -3.83. The van der Waals surface area contributed by atoms with Gasteiger partial charge < -0.3 is 9.30 Å². The molecule has 4 aromatic rings. The maximum Gasteiger partial charge on any atom is 0.262 e. The molecule has 0 spiro atoms. The third-order valence-electron chi connectivity index (χ3n) is 6.98. The van der Waals surface area contributed by atoms with Gasteiger partial charge in [-0.05, 0) is 43.2 Å². The lowest BCUT2D eigenvalue weighted by molar-refractivity contribution is 0.0368. The van der Waals surface area contributed by atoms with Crippen molar-refractivity contribution in [3.8, 4) is 0 Å². The number of sulfonamides is 1. The summed E-state index contributed by atoms with van der Waals surface area (Å²) in [6, 6.07) is 12.3. The summed E-state index contributed by atoms with van der Waals surface area (Å²) in [5.41, 5.74) is 2.08. The van der Waals surface area contributed by atoms with Gasteiger partial charge in [-0.1, -0.05) is 37.2 Å². The highest BCUT2D eigenvalue weighted by Crippen LogP contribution is 2.27. The van der Waals surface area contributed by atoms with Gasteiger partial charge in [0.05, 0.1) is 45.8 Å². The molecule has 39 heavy (non-hydrogen) atoms. The van der Waals surface area contributed by atoms with Crippen molar-refractivity contribution in [3.63, 3.8) is 0 Å². The van der Waals surface area contributed by atoms with Crippen molar-refractivity contribution in [1.82, 2.24) is 24.0 Å². The van der Waals surface area contributed by atoms with Crippen molar-refractivity contribution >= 4 is 43.7 Å². The fraction of sp³-hybridized carbons (Fsp3) is 0.444. The number of ether oxygens (including phenoxy) is 1. The molecular weight excluding hydrogens is 536 g/mol. The number of hydrogen-bond donors (Lipinski definition) is 1. The van der Waals surface area contributed by atoms with Crippen LogP contribution < -0.4 is 10.7 Å². The number of unbranched alkanes of at least 4 members (excludes halogenated alkanes) is 1. The average Bonchev–Trinajstić information content (AvgIpc) is 3.28. The summed E-state index contributed by atoms with van der Waals surface area (Å²) >= 11 is 1.48. The van der Waals surface area contributed by atoms with Gasteiger partial charge in [-0.3, -0.25) is 14.3 Å². The van der Waals surface area contributed by atoms with E-state index < -0.39 is 10.0 Å². The molecule has 2 aromatic carbocycles. The predicted molar refractivity (Wildman–Crippen MR) is 153 cm³/mol. The van der Waals surface area contributed by atoms with Crippen LogP contribution in [0.3, 0.4) is 0 Å². The third-order valence-corrected chi connectivity index (χ3v) is 8.86. The van der Waals surface area contributed by atoms with Gasteiger partial charge in [0.15, 0.2) is 5.16 Å². The molecule has 0 bridgehead atoms. The molecule has 0 atom stereocenters. The van der Waals surface area contributed by atoms with Crippen molar-refractivity contribution < 1.29 is 13.2 Å². The van der Waals surface area contributed by atoms with Crippen LogP contribution in [0, 0.1) is 0 Å². The predicted octanol–water partition coefficient (Wildman–Crippen LogP) is 3.21. The summed E-state index contributed by atoms with van der Waals surface area (Å²) in [5, 5.41) is 6.62. The van der Waals surface area contributed by atoms with Gasteiger partial charge in [0.1, 0.15) is 5.82 Å². The minimum Gasteiger partial charge on any atom is -0.379 e. The lowest BCUT2D eigenvalue weighted by Crippen LogP contribution is -2.37. The summed E-state index contributed by atoms with van der Waals surface area (Å²) in [6.45, 7) is 7.66. The number of benzene rings is 2. The first kappa shape index (κ1) is 27.8. The zero-order valence-corrected chi connectivity index (χ0v) is 23.7. The summed E-state index contributed by atoms with van der Waals surface area (Å²) in [7, 11) is -3.83. The van der Waals surface area contributed by atoms with E-state index in [-0.39, 0.29) is 10.5 Å². The van der Waals surface area contributed by atoms with Crippen LogP contribution in [0.4, 0.5) is 0 Å². The molecule has 1 fully saturated rings. The van der Waals surface area contributed by atoms with Gasteiger partial charge in [-0.2, -0.15) is 0 Å². The van der Waals surface area contributed by atoms with E-state index >= 15 is 0 Å². The number of para-hydroxylation sites is 1. The molecule has 0 saturated carbocycles. The lowest BCUT2D eigenvalue weighted by Gasteiger charge is -2.26. The standard InChI is InChI=1S/C27H34N6O4S2/c1-2-3-12-32-24-10-9-20(39(28,35)36)18-23(24)29-25(32)19-38-27-30-22-8-5-4-7-21(22)26(34)33(27)13-6-11-31-14-16-37-17-15-31/h4-5,7-10,18H,2-3,6,11-17,19H2,1H3,(H2,28,35,36). The summed E-state index contributed by atoms with van der Waals surface area (Å²) in [4.78, 5) is 25.6. The second-order valence-electron chi connectivity index (χ2n) is 9.69. The number of fused-ring (bicyclic) bond motifs is 2. The topological polar surface area (TPSA) is 125 Å². The Kier molecular flexibility index (Phi) is 8.67. The Bertz CT molecular complexity index is 1630. The molecular formula is C27H34N6O4S2. The van der Waals surface area contributed by atoms with E-state index in [0.717, 1.165) is 70.0 Å². The van der Waals surface area contributed by atoms with Crippen molar-refractivity contribution in [2.24, 2.45) is 5.14 Å². The molecule has 3 heterocycles. The molecule has 1 aliphatic rings. The molecule has 2 N–H and O–H groups in total. The van der Waals surface area contributed by atoms with Crippen molar-refractivity contribution in [2.75, 3.05) is 32.8 Å². The molecule has 0 radical (unpaired) electrons. The maximum atomic E-state index is 13.5. The fourth-order valence-electron chi connectivity index (χ4n) is 4.87. The van der Waals surface area contributed by atoms with E-state index in [2.05, 4.69) is 16.4 Å². The Morgan fingerprint density at radius 2 is 1.74 bits per heavy atom. The van der Waals surface area contributed by atoms with Gasteiger partial charge in [0.25, 0.3) is 5.56 Å². The fourth-order valence-corrected chi connectivity index (χ4v) is 6.38. The number of imidazole rings is 1. The Hall–Kier alpha value is -2.77. The number of aryl methyl sites for hydroxylation is 1. The van der Waals surface area contributed by atoms with Gasteiger partial charge in [0.2, 0.25) is 10.0 Å². The quantitative estimate of drug-likeness (QED) is 0.215. The number of aromatic nitrogens is 4. The van der Waals surface area contributed by atoms with Gasteiger partial charge in [-0.25, -0.2) is 23.5 Å². The van der Waals surface area contributed by atoms with Crippen LogP contribution >= 0.6 is 11.8 Å². The number of nitrogens with two attached hydrogens (primary N) is 1. The smallest absolute Gasteiger partial charge is 0.262 e. The van der Waals surface area contributed by atoms with Gasteiger partial charge in [0, 0.05) is 32.7 Å². The largest absolute Gasteiger partial charge is 0.379 e. The zero-order chi connectivity index (χ0) is 27.4. The number of rotatable bonds is 11. The maximum absolute atomic E-state index is 13.5. The summed E-state index contributed by atoms with van der Waals surface area (Å²) < 4.78 is 33.2. The lowest BCUT2D eigenvalue weighted by atomic mass is 10.2. The van der Waals surface area contributed by atoms with Crippen LogP contribution in [-0.4, -0.2) is 65.3 Å². The van der Waals surface area contributed by atoms with Crippen molar-refractivity contribution in [1.29, 1.82) is 0 Å². The first-order valence-electron chi connectivity index (χ1n) is 13.3. The second-order valence-corrected chi connectivity index (χ2v) is 12.2. The number of hydrogen-bond acceptors (Lipinski definition) is 8. The molecule has 0 amide bonds. The summed E-state index contributed by atoms with van der Waals surface area (Å²) in [6.07, 6.45) is 2.80. The number of nitrogens with zero attached hydrogens (tertiary/aromatic N) is 5. The first-order valence-corrected chi connectivity index (χ1v) is 15.8. The summed E-state index contributed by atoms with van der Waals surface area (Å²) in [5.74, 6) is 1.29. The molecule has 208 valence electrons. The molecule has 2 aromatic heterocycles. The molecule has 0 unspecified atom stereocenters. The second kappa shape index (κ2) is 12.2. The van der Waals surface area contributed by atoms with E-state index in [4.69, 9.17) is 19.8 Å². The van der Waals surface area contributed by atoms with Crippen LogP contribution in [0.1, 0.15) is 32.0 Å². The number of morpholine rings is 1. The van der Waals surface area contributed by atoms with E-state index in [9.17, 15) is 13.2 Å². The number of primary sulfonamides is 1. The Morgan fingerprint density at radius 3 is 2.51 bits per heavy atom. The highest BCUT2D eigenvalue weighted by atomic mass is 32.2. The average molecular weight is 571 g/mol. The van der Waals surface area contributed by atoms with Crippen LogP contribution in [0.15, 0.2) is 57.3 Å². The molecule has 12 heteroatoms. The van der Waals surface area contributed by atoms with E-state index in [1.807, 2.05) is 24.3 Å². The van der Waals surface area contributed by atoms with Gasteiger partial charge >= 0.3 is 0 Å². The Morgan fingerprint density at radius 1 is 0.974 bits per heavy atom. The zero-order valence-electron chi connectivity index (χ0n) is 22.1. The highest BCUT2D eigenvalue weighted by molar-refractivity contribution is 7.98. The third kappa shape index (κ3) is 6.36. The molecule has 1 aliphatic heterocycles. The normalized spacial score (nSPS) is 14.9. The van der Waals surface area contributed by atoms with Crippen LogP contribution in [0.25, 0.3) is 21.9 Å². The van der Waals surface area contributed by atoms with E-state index in [1.165, 1.54) is 23.9 Å². The van der Waals surface area contributed by atoms with Crippen molar-refractivity contribution in [2.45, 2.75) is 55.1 Å². The SMILES string of the molecule is CCCCn1c(CSc2nc3ccccc3c(=O)n2CCCN2CCOCC2)nc2cc(S(N)(=O)=O)ccc21. The Balaban J connectivity index is 1.45. The van der Waals surface area contributed by atoms with E-state index in [0.29, 0.717) is 33.9 Å². The van der Waals surface area contributed by atoms with Crippen LogP contribution in [0.5, 0.6) is 0 Å².